The van der Waals surface area contributed by atoms with Gasteiger partial charge in [0.05, 0.1) is 25.9 Å². The topological polar surface area (TPSA) is 64.1 Å². The van der Waals surface area contributed by atoms with E-state index in [2.05, 4.69) is 22.5 Å². The quantitative estimate of drug-likeness (QED) is 0.228. The summed E-state index contributed by atoms with van der Waals surface area (Å²) in [5, 5.41) is 6.54. The molecule has 0 aromatic heterocycles. The van der Waals surface area contributed by atoms with Crippen molar-refractivity contribution in [1.82, 2.24) is 10.6 Å². The number of rotatable bonds is 10. The number of halogens is 1. The molecule has 1 aliphatic rings. The second-order valence-electron chi connectivity index (χ2n) is 6.55. The van der Waals surface area contributed by atoms with Crippen molar-refractivity contribution in [2.24, 2.45) is 4.99 Å². The summed E-state index contributed by atoms with van der Waals surface area (Å²) < 4.78 is 17.2. The van der Waals surface area contributed by atoms with Gasteiger partial charge < -0.3 is 24.8 Å². The average Bonchev–Trinajstić information content (AvgIpc) is 3.15. The van der Waals surface area contributed by atoms with Crippen LogP contribution in [-0.4, -0.2) is 57.6 Å². The standard InChI is InChI=1S/C20H33N3O3.HI/c1-4-21-20(22-11-13-24-15-18-9-7-12-25-18)23-14-17(3)26-19-10-6-5-8-16(19)2;/h5-6,8,10,17-18H,4,7,9,11-15H2,1-3H3,(H2,21,22,23);1H. The van der Waals surface area contributed by atoms with Crippen molar-refractivity contribution in [3.8, 4) is 5.75 Å². The van der Waals surface area contributed by atoms with Crippen LogP contribution in [0.25, 0.3) is 0 Å². The maximum absolute atomic E-state index is 5.97. The SMILES string of the molecule is CCNC(=NCC(C)Oc1ccccc1C)NCCOCC1CCCO1.I. The third-order valence-corrected chi connectivity index (χ3v) is 4.14. The van der Waals surface area contributed by atoms with E-state index >= 15 is 0 Å². The van der Waals surface area contributed by atoms with Crippen molar-refractivity contribution in [2.75, 3.05) is 39.5 Å². The van der Waals surface area contributed by atoms with E-state index in [4.69, 9.17) is 14.2 Å². The predicted octanol–water partition coefficient (Wildman–Crippen LogP) is 3.13. The van der Waals surface area contributed by atoms with Gasteiger partial charge in [-0.2, -0.15) is 0 Å². The highest BCUT2D eigenvalue weighted by molar-refractivity contribution is 14.0. The van der Waals surface area contributed by atoms with Gasteiger partial charge in [-0.25, -0.2) is 4.99 Å². The van der Waals surface area contributed by atoms with E-state index < -0.39 is 0 Å². The summed E-state index contributed by atoms with van der Waals surface area (Å²) in [6, 6.07) is 8.04. The molecule has 6 nitrogen and oxygen atoms in total. The number of ether oxygens (including phenoxy) is 3. The normalized spacial score (nSPS) is 17.9. The Morgan fingerprint density at radius 1 is 1.33 bits per heavy atom. The lowest BCUT2D eigenvalue weighted by Gasteiger charge is -2.16. The summed E-state index contributed by atoms with van der Waals surface area (Å²) in [5.74, 6) is 1.70. The molecule has 1 fully saturated rings. The minimum Gasteiger partial charge on any atom is -0.489 e. The van der Waals surface area contributed by atoms with Gasteiger partial charge in [0.1, 0.15) is 11.9 Å². The minimum absolute atomic E-state index is 0. The molecule has 2 N–H and O–H groups in total. The molecule has 2 unspecified atom stereocenters. The van der Waals surface area contributed by atoms with E-state index in [0.717, 1.165) is 43.3 Å². The summed E-state index contributed by atoms with van der Waals surface area (Å²) >= 11 is 0. The molecule has 0 saturated carbocycles. The Kier molecular flexibility index (Phi) is 12.4. The second kappa shape index (κ2) is 14.0. The van der Waals surface area contributed by atoms with Crippen LogP contribution in [0, 0.1) is 6.92 Å². The molecule has 154 valence electrons. The molecule has 0 spiro atoms. The Morgan fingerprint density at radius 3 is 2.85 bits per heavy atom. The van der Waals surface area contributed by atoms with Gasteiger partial charge in [0.15, 0.2) is 5.96 Å². The summed E-state index contributed by atoms with van der Waals surface area (Å²) in [6.07, 6.45) is 2.53. The van der Waals surface area contributed by atoms with E-state index in [1.807, 2.05) is 38.1 Å². The molecule has 1 saturated heterocycles. The maximum Gasteiger partial charge on any atom is 0.191 e. The highest BCUT2D eigenvalue weighted by Gasteiger charge is 2.15. The number of hydrogen-bond acceptors (Lipinski definition) is 4. The van der Waals surface area contributed by atoms with E-state index in [1.54, 1.807) is 0 Å². The molecule has 0 amide bonds. The molecule has 2 atom stereocenters. The van der Waals surface area contributed by atoms with Crippen molar-refractivity contribution in [2.45, 2.75) is 45.8 Å². The van der Waals surface area contributed by atoms with Crippen molar-refractivity contribution in [3.63, 3.8) is 0 Å². The summed E-state index contributed by atoms with van der Waals surface area (Å²) in [6.45, 7) is 10.4. The van der Waals surface area contributed by atoms with Crippen molar-refractivity contribution < 1.29 is 14.2 Å². The molecule has 2 rings (SSSR count). The van der Waals surface area contributed by atoms with Gasteiger partial charge in [0.25, 0.3) is 0 Å². The van der Waals surface area contributed by atoms with Crippen LogP contribution in [0.15, 0.2) is 29.3 Å². The number of para-hydroxylation sites is 1. The Balaban J connectivity index is 0.00000364. The van der Waals surface area contributed by atoms with Crippen LogP contribution in [-0.2, 0) is 9.47 Å². The van der Waals surface area contributed by atoms with Gasteiger partial charge in [-0.15, -0.1) is 24.0 Å². The molecule has 1 aliphatic heterocycles. The molecule has 27 heavy (non-hydrogen) atoms. The fourth-order valence-electron chi connectivity index (χ4n) is 2.74. The Labute approximate surface area is 180 Å². The third kappa shape index (κ3) is 9.62. The molecule has 1 aromatic rings. The van der Waals surface area contributed by atoms with Crippen LogP contribution in [0.5, 0.6) is 5.75 Å². The molecule has 1 heterocycles. The molecule has 1 aromatic carbocycles. The second-order valence-corrected chi connectivity index (χ2v) is 6.55. The first-order chi connectivity index (χ1) is 12.7. The first-order valence-corrected chi connectivity index (χ1v) is 9.63. The molecule has 0 aliphatic carbocycles. The van der Waals surface area contributed by atoms with Gasteiger partial charge in [0, 0.05) is 19.7 Å². The zero-order valence-electron chi connectivity index (χ0n) is 16.7. The lowest BCUT2D eigenvalue weighted by Crippen LogP contribution is -2.39. The smallest absolute Gasteiger partial charge is 0.191 e. The zero-order valence-corrected chi connectivity index (χ0v) is 19.0. The van der Waals surface area contributed by atoms with Crippen LogP contribution < -0.4 is 15.4 Å². The minimum atomic E-state index is 0. The average molecular weight is 491 g/mol. The Bertz CT molecular complexity index is 551. The van der Waals surface area contributed by atoms with Crippen molar-refractivity contribution in [3.05, 3.63) is 29.8 Å². The molecular weight excluding hydrogens is 457 g/mol. The molecule has 7 heteroatoms. The van der Waals surface area contributed by atoms with Crippen molar-refractivity contribution >= 4 is 29.9 Å². The molecule has 0 radical (unpaired) electrons. The summed E-state index contributed by atoms with van der Waals surface area (Å²) in [4.78, 5) is 4.60. The highest BCUT2D eigenvalue weighted by atomic mass is 127. The van der Waals surface area contributed by atoms with Gasteiger partial charge in [-0.05, 0) is 45.2 Å². The largest absolute Gasteiger partial charge is 0.489 e. The van der Waals surface area contributed by atoms with Gasteiger partial charge in [-0.3, -0.25) is 0 Å². The summed E-state index contributed by atoms with van der Waals surface area (Å²) in [5.41, 5.74) is 1.14. The van der Waals surface area contributed by atoms with Crippen LogP contribution >= 0.6 is 24.0 Å². The van der Waals surface area contributed by atoms with Crippen LogP contribution in [0.2, 0.25) is 0 Å². The first kappa shape index (κ1) is 24.0. The fourth-order valence-corrected chi connectivity index (χ4v) is 2.74. The van der Waals surface area contributed by atoms with Crippen LogP contribution in [0.3, 0.4) is 0 Å². The van der Waals surface area contributed by atoms with Gasteiger partial charge in [-0.1, -0.05) is 18.2 Å². The number of nitrogens with one attached hydrogen (secondary N) is 2. The number of nitrogens with zero attached hydrogens (tertiary/aromatic N) is 1. The lowest BCUT2D eigenvalue weighted by atomic mass is 10.2. The predicted molar refractivity (Wildman–Crippen MR) is 120 cm³/mol. The van der Waals surface area contributed by atoms with Gasteiger partial charge >= 0.3 is 0 Å². The molecular formula is C20H34IN3O3. The van der Waals surface area contributed by atoms with E-state index in [1.165, 1.54) is 0 Å². The maximum atomic E-state index is 5.97. The number of guanidine groups is 1. The summed E-state index contributed by atoms with van der Waals surface area (Å²) in [7, 11) is 0. The lowest BCUT2D eigenvalue weighted by molar-refractivity contribution is 0.0191. The number of benzene rings is 1. The van der Waals surface area contributed by atoms with Crippen molar-refractivity contribution in [1.29, 1.82) is 0 Å². The number of aliphatic imine (C=N–C) groups is 1. The molecule has 0 bridgehead atoms. The fraction of sp³-hybridized carbons (Fsp3) is 0.650. The van der Waals surface area contributed by atoms with Crippen LogP contribution in [0.1, 0.15) is 32.3 Å². The van der Waals surface area contributed by atoms with Crippen LogP contribution in [0.4, 0.5) is 0 Å². The third-order valence-electron chi connectivity index (χ3n) is 4.14. The van der Waals surface area contributed by atoms with E-state index in [9.17, 15) is 0 Å². The number of hydrogen-bond donors (Lipinski definition) is 2. The monoisotopic (exact) mass is 491 g/mol. The van der Waals surface area contributed by atoms with Gasteiger partial charge in [0.2, 0.25) is 0 Å². The number of aryl methyl sites for hydroxylation is 1. The Hall–Kier alpha value is -1.06. The Morgan fingerprint density at radius 2 is 2.15 bits per heavy atom. The first-order valence-electron chi connectivity index (χ1n) is 9.63. The van der Waals surface area contributed by atoms with E-state index in [-0.39, 0.29) is 36.2 Å². The van der Waals surface area contributed by atoms with E-state index in [0.29, 0.717) is 26.3 Å². The zero-order chi connectivity index (χ0) is 18.6. The highest BCUT2D eigenvalue weighted by Crippen LogP contribution is 2.17.